The number of halogens is 1. The van der Waals surface area contributed by atoms with Crippen molar-refractivity contribution in [3.63, 3.8) is 0 Å². The summed E-state index contributed by atoms with van der Waals surface area (Å²) in [7, 11) is 0. The fourth-order valence-electron chi connectivity index (χ4n) is 1.93. The van der Waals surface area contributed by atoms with Crippen LogP contribution in [0.25, 0.3) is 0 Å². The third kappa shape index (κ3) is 6.36. The van der Waals surface area contributed by atoms with Crippen LogP contribution in [0.15, 0.2) is 15.9 Å². The van der Waals surface area contributed by atoms with Gasteiger partial charge >= 0.3 is 6.09 Å². The van der Waals surface area contributed by atoms with E-state index in [1.165, 1.54) is 4.88 Å². The first-order valence-electron chi connectivity index (χ1n) is 7.00. The fourth-order valence-corrected chi connectivity index (χ4v) is 3.55. The molecule has 0 saturated carbocycles. The first-order chi connectivity index (χ1) is 9.69. The summed E-state index contributed by atoms with van der Waals surface area (Å²) >= 11 is 5.09. The number of thiophene rings is 1. The van der Waals surface area contributed by atoms with Crippen molar-refractivity contribution in [1.82, 2.24) is 5.32 Å². The Morgan fingerprint density at radius 2 is 2.14 bits per heavy atom. The Morgan fingerprint density at radius 1 is 1.48 bits per heavy atom. The van der Waals surface area contributed by atoms with E-state index in [0.29, 0.717) is 6.54 Å². The zero-order valence-electron chi connectivity index (χ0n) is 13.0. The Bertz CT molecular complexity index is 464. The van der Waals surface area contributed by atoms with Gasteiger partial charge in [-0.3, -0.25) is 0 Å². The van der Waals surface area contributed by atoms with E-state index in [-0.39, 0.29) is 12.0 Å². The van der Waals surface area contributed by atoms with Gasteiger partial charge in [0, 0.05) is 26.7 Å². The number of alkyl carbamates (subject to hydrolysis) is 1. The highest BCUT2D eigenvalue weighted by Crippen LogP contribution is 2.30. The van der Waals surface area contributed by atoms with Crippen LogP contribution < -0.4 is 5.32 Å². The average Bonchev–Trinajstić information content (AvgIpc) is 2.78. The molecule has 0 saturated heterocycles. The van der Waals surface area contributed by atoms with Gasteiger partial charge < -0.3 is 15.2 Å². The summed E-state index contributed by atoms with van der Waals surface area (Å²) in [5, 5.41) is 14.6. The van der Waals surface area contributed by atoms with Gasteiger partial charge in [-0.05, 0) is 55.6 Å². The van der Waals surface area contributed by atoms with Gasteiger partial charge in [-0.15, -0.1) is 11.3 Å². The van der Waals surface area contributed by atoms with Crippen LogP contribution in [0.1, 0.15) is 39.0 Å². The van der Waals surface area contributed by atoms with Crippen molar-refractivity contribution in [2.24, 2.45) is 5.41 Å². The van der Waals surface area contributed by atoms with Gasteiger partial charge in [-0.25, -0.2) is 4.79 Å². The van der Waals surface area contributed by atoms with Crippen molar-refractivity contribution in [3.8, 4) is 0 Å². The molecule has 1 aromatic rings. The largest absolute Gasteiger partial charge is 0.444 e. The number of hydrogen-bond donors (Lipinski definition) is 2. The highest BCUT2D eigenvalue weighted by atomic mass is 79.9. The summed E-state index contributed by atoms with van der Waals surface area (Å²) < 4.78 is 6.29. The molecular weight excluding hydrogens is 354 g/mol. The van der Waals surface area contributed by atoms with Crippen LogP contribution in [-0.4, -0.2) is 30.0 Å². The van der Waals surface area contributed by atoms with Crippen molar-refractivity contribution in [2.75, 3.05) is 13.2 Å². The van der Waals surface area contributed by atoms with Gasteiger partial charge in [0.1, 0.15) is 5.60 Å². The normalized spacial score (nSPS) is 14.6. The summed E-state index contributed by atoms with van der Waals surface area (Å²) in [6.45, 7) is 7.92. The Labute approximate surface area is 139 Å². The van der Waals surface area contributed by atoms with Gasteiger partial charge in [-0.1, -0.05) is 6.92 Å². The molecule has 4 nitrogen and oxygen atoms in total. The standard InChI is InChI=1S/C15H24BrNO3S/c1-5-15(10-18,7-12-6-11(16)8-21-12)9-17-13(19)20-14(2,3)4/h6,8,18H,5,7,9-10H2,1-4H3,(H,17,19). The molecule has 0 aliphatic heterocycles. The van der Waals surface area contributed by atoms with Crippen LogP contribution in [0.2, 0.25) is 0 Å². The molecule has 0 spiro atoms. The van der Waals surface area contributed by atoms with Crippen LogP contribution in [0.5, 0.6) is 0 Å². The molecule has 1 unspecified atom stereocenters. The smallest absolute Gasteiger partial charge is 0.407 e. The molecule has 120 valence electrons. The lowest BCUT2D eigenvalue weighted by atomic mass is 9.82. The second kappa shape index (κ2) is 7.61. The summed E-state index contributed by atoms with van der Waals surface area (Å²) in [6.07, 6.45) is 1.06. The number of rotatable bonds is 6. The molecule has 1 heterocycles. The summed E-state index contributed by atoms with van der Waals surface area (Å²) in [5.41, 5.74) is -0.877. The lowest BCUT2D eigenvalue weighted by Gasteiger charge is -2.31. The maximum atomic E-state index is 11.8. The van der Waals surface area contributed by atoms with Gasteiger partial charge in [0.25, 0.3) is 0 Å². The van der Waals surface area contributed by atoms with Crippen molar-refractivity contribution in [1.29, 1.82) is 0 Å². The van der Waals surface area contributed by atoms with Crippen molar-refractivity contribution >= 4 is 33.4 Å². The first-order valence-corrected chi connectivity index (χ1v) is 8.67. The van der Waals surface area contributed by atoms with Crippen LogP contribution in [0.4, 0.5) is 4.79 Å². The Balaban J connectivity index is 2.65. The maximum absolute atomic E-state index is 11.8. The number of carbonyl (C=O) groups excluding carboxylic acids is 1. The van der Waals surface area contributed by atoms with E-state index in [1.54, 1.807) is 11.3 Å². The number of amides is 1. The minimum atomic E-state index is -0.517. The molecule has 21 heavy (non-hydrogen) atoms. The fraction of sp³-hybridized carbons (Fsp3) is 0.667. The highest BCUT2D eigenvalue weighted by Gasteiger charge is 2.30. The SMILES string of the molecule is CCC(CO)(CNC(=O)OC(C)(C)C)Cc1cc(Br)cs1. The van der Waals surface area contributed by atoms with Gasteiger partial charge in [0.05, 0.1) is 6.61 Å². The number of carbonyl (C=O) groups is 1. The Morgan fingerprint density at radius 3 is 2.57 bits per heavy atom. The summed E-state index contributed by atoms with van der Waals surface area (Å²) in [4.78, 5) is 13.0. The molecule has 0 aromatic carbocycles. The van der Waals surface area contributed by atoms with E-state index >= 15 is 0 Å². The molecule has 0 radical (unpaired) electrons. The second-order valence-electron chi connectivity index (χ2n) is 6.28. The second-order valence-corrected chi connectivity index (χ2v) is 8.19. The van der Waals surface area contributed by atoms with E-state index in [0.717, 1.165) is 17.3 Å². The van der Waals surface area contributed by atoms with E-state index in [2.05, 4.69) is 27.3 Å². The van der Waals surface area contributed by atoms with Crippen LogP contribution in [-0.2, 0) is 11.2 Å². The molecule has 1 rings (SSSR count). The third-order valence-electron chi connectivity index (χ3n) is 3.26. The molecule has 0 fully saturated rings. The van der Waals surface area contributed by atoms with E-state index in [9.17, 15) is 9.90 Å². The maximum Gasteiger partial charge on any atom is 0.407 e. The summed E-state index contributed by atoms with van der Waals surface area (Å²) in [6, 6.07) is 2.05. The van der Waals surface area contributed by atoms with Crippen molar-refractivity contribution < 1.29 is 14.6 Å². The van der Waals surface area contributed by atoms with E-state index < -0.39 is 11.7 Å². The van der Waals surface area contributed by atoms with E-state index in [4.69, 9.17) is 4.74 Å². The molecule has 2 N–H and O–H groups in total. The number of ether oxygens (including phenoxy) is 1. The number of nitrogens with one attached hydrogen (secondary N) is 1. The molecule has 6 heteroatoms. The topological polar surface area (TPSA) is 58.6 Å². The highest BCUT2D eigenvalue weighted by molar-refractivity contribution is 9.10. The van der Waals surface area contributed by atoms with Crippen LogP contribution in [0.3, 0.4) is 0 Å². The molecule has 0 aliphatic rings. The zero-order valence-corrected chi connectivity index (χ0v) is 15.4. The molecule has 1 aromatic heterocycles. The molecular formula is C15H24BrNO3S. The average molecular weight is 378 g/mol. The number of hydrogen-bond acceptors (Lipinski definition) is 4. The number of aliphatic hydroxyl groups is 1. The predicted octanol–water partition coefficient (Wildman–Crippen LogP) is 3.97. The van der Waals surface area contributed by atoms with E-state index in [1.807, 2.05) is 33.1 Å². The van der Waals surface area contributed by atoms with Gasteiger partial charge in [-0.2, -0.15) is 0 Å². The van der Waals surface area contributed by atoms with Crippen LogP contribution in [0, 0.1) is 5.41 Å². The van der Waals surface area contributed by atoms with Gasteiger partial charge in [0.15, 0.2) is 0 Å². The molecule has 1 amide bonds. The predicted molar refractivity (Wildman–Crippen MR) is 89.8 cm³/mol. The first kappa shape index (κ1) is 18.5. The van der Waals surface area contributed by atoms with Crippen molar-refractivity contribution in [2.45, 2.75) is 46.1 Å². The van der Waals surface area contributed by atoms with Gasteiger partial charge in [0.2, 0.25) is 0 Å². The lowest BCUT2D eigenvalue weighted by molar-refractivity contribution is 0.0462. The van der Waals surface area contributed by atoms with Crippen molar-refractivity contribution in [3.05, 3.63) is 20.8 Å². The minimum absolute atomic E-state index is 0.0226. The molecule has 0 aliphatic carbocycles. The zero-order chi connectivity index (χ0) is 16.1. The Kier molecular flexibility index (Phi) is 6.69. The third-order valence-corrected chi connectivity index (χ3v) is 4.96. The summed E-state index contributed by atoms with van der Waals surface area (Å²) in [5.74, 6) is 0. The molecule has 0 bridgehead atoms. The lowest BCUT2D eigenvalue weighted by Crippen LogP contribution is -2.43. The Hall–Kier alpha value is -0.590. The number of aliphatic hydroxyl groups excluding tert-OH is 1. The minimum Gasteiger partial charge on any atom is -0.444 e. The quantitative estimate of drug-likeness (QED) is 0.788. The molecule has 1 atom stereocenters. The van der Waals surface area contributed by atoms with Crippen LogP contribution >= 0.6 is 27.3 Å². The monoisotopic (exact) mass is 377 g/mol.